The van der Waals surface area contributed by atoms with Crippen molar-refractivity contribution in [3.05, 3.63) is 47.1 Å². The first-order valence-corrected chi connectivity index (χ1v) is 16.2. The molecule has 0 unspecified atom stereocenters. The number of nitrogens with zero attached hydrogens (tertiary/aromatic N) is 1. The number of rotatable bonds is 8. The molecule has 2 aliphatic rings. The molecule has 0 saturated heterocycles. The molecule has 8 nitrogen and oxygen atoms in total. The summed E-state index contributed by atoms with van der Waals surface area (Å²) in [6.07, 6.45) is -1.15. The minimum Gasteiger partial charge on any atom is -0.347 e. The monoisotopic (exact) mass is 659 g/mol. The zero-order valence-electron chi connectivity index (χ0n) is 23.5. The summed E-state index contributed by atoms with van der Waals surface area (Å²) in [7, 11) is -4.55. The highest BCUT2D eigenvalue weighted by molar-refractivity contribution is 7.89. The minimum absolute atomic E-state index is 0.0583. The zero-order chi connectivity index (χ0) is 32.3. The molecule has 0 bridgehead atoms. The fourth-order valence-corrected chi connectivity index (χ4v) is 7.72. The number of benzene rings is 2. The largest absolute Gasteiger partial charge is 0.404 e. The molecule has 1 atom stereocenters. The molecule has 2 aliphatic carbocycles. The number of thiazole rings is 1. The van der Waals surface area contributed by atoms with E-state index >= 15 is 0 Å². The molecule has 238 valence electrons. The third kappa shape index (κ3) is 7.87. The zero-order valence-corrected chi connectivity index (χ0v) is 25.2. The number of fused-ring (bicyclic) bond motifs is 1. The van der Waals surface area contributed by atoms with Gasteiger partial charge < -0.3 is 5.32 Å². The number of amides is 1. The van der Waals surface area contributed by atoms with Gasteiger partial charge in [0.25, 0.3) is 5.91 Å². The Balaban J connectivity index is 0.00000141. The van der Waals surface area contributed by atoms with Crippen molar-refractivity contribution in [2.45, 2.75) is 87.4 Å². The van der Waals surface area contributed by atoms with Crippen molar-refractivity contribution in [1.82, 2.24) is 15.0 Å². The first-order chi connectivity index (χ1) is 20.6. The van der Waals surface area contributed by atoms with Crippen LogP contribution in [0, 0.1) is 5.92 Å². The number of sulfonamides is 1. The van der Waals surface area contributed by atoms with E-state index < -0.39 is 28.2 Å². The lowest BCUT2D eigenvalue weighted by Crippen LogP contribution is -2.43. The van der Waals surface area contributed by atoms with E-state index in [0.717, 1.165) is 37.5 Å². The summed E-state index contributed by atoms with van der Waals surface area (Å²) in [4.78, 5) is 34.2. The summed E-state index contributed by atoms with van der Waals surface area (Å²) in [5.41, 5.74) is 1.13. The second kappa shape index (κ2) is 13.4. The summed E-state index contributed by atoms with van der Waals surface area (Å²) in [6, 6.07) is 6.99. The highest BCUT2D eigenvalue weighted by atomic mass is 32.2. The first-order valence-electron chi connectivity index (χ1n) is 13.9. The van der Waals surface area contributed by atoms with Gasteiger partial charge in [-0.05, 0) is 62.8 Å². The molecule has 2 aromatic carbocycles. The van der Waals surface area contributed by atoms with Crippen molar-refractivity contribution in [2.24, 2.45) is 5.92 Å². The van der Waals surface area contributed by atoms with Crippen LogP contribution in [0.25, 0.3) is 21.2 Å². The lowest BCUT2D eigenvalue weighted by atomic mass is 9.83. The maximum Gasteiger partial charge on any atom is 0.404 e. The summed E-state index contributed by atoms with van der Waals surface area (Å²) in [5.74, 6) is -3.07. The van der Waals surface area contributed by atoms with Gasteiger partial charge in [-0.3, -0.25) is 4.79 Å². The van der Waals surface area contributed by atoms with Crippen molar-refractivity contribution in [3.8, 4) is 10.4 Å². The molecule has 3 aromatic rings. The average Bonchev–Trinajstić information content (AvgIpc) is 3.34. The standard InChI is InChI=1S/C28H30F5N3O3S2.CO2/c1-16(28(31,32)33)36-41(38,39)23-10-9-21(19-7-2-3-8-20(19)23)24-22(15-17-11-13-27(29,30)14-12-17)35-26(40-24)25(37)34-18-5-4-6-18;2-1-3/h2-3,7-10,16-18,36H,4-6,11-15H2,1H3,(H,34,37);/t16-;/m0./s1. The third-order valence-corrected chi connectivity index (χ3v) is 10.6. The van der Waals surface area contributed by atoms with Crippen LogP contribution in [-0.4, -0.2) is 49.6 Å². The quantitative estimate of drug-likeness (QED) is 0.276. The molecule has 2 saturated carbocycles. The second-order valence-corrected chi connectivity index (χ2v) is 13.7. The van der Waals surface area contributed by atoms with Gasteiger partial charge >= 0.3 is 12.3 Å². The van der Waals surface area contributed by atoms with Gasteiger partial charge in [-0.1, -0.05) is 30.3 Å². The van der Waals surface area contributed by atoms with Gasteiger partial charge in [0.1, 0.15) is 6.04 Å². The van der Waals surface area contributed by atoms with Crippen LogP contribution in [0.3, 0.4) is 0 Å². The summed E-state index contributed by atoms with van der Waals surface area (Å²) >= 11 is 1.14. The third-order valence-electron chi connectivity index (χ3n) is 7.89. The molecule has 1 amide bonds. The maximum atomic E-state index is 13.8. The Morgan fingerprint density at radius 3 is 2.25 bits per heavy atom. The van der Waals surface area contributed by atoms with Gasteiger partial charge in [0.2, 0.25) is 15.9 Å². The molecular formula is C29H30F5N3O5S2. The number of hydrogen-bond donors (Lipinski definition) is 2. The summed E-state index contributed by atoms with van der Waals surface area (Å²) in [6.45, 7) is 0.731. The molecule has 2 N–H and O–H groups in total. The van der Waals surface area contributed by atoms with Crippen molar-refractivity contribution < 1.29 is 44.8 Å². The predicted octanol–water partition coefficient (Wildman–Crippen LogP) is 6.26. The van der Waals surface area contributed by atoms with Gasteiger partial charge in [0.15, 0.2) is 5.01 Å². The fourth-order valence-electron chi connectivity index (χ4n) is 5.24. The Hall–Kier alpha value is -3.26. The molecule has 1 heterocycles. The number of nitrogens with one attached hydrogen (secondary N) is 2. The SMILES string of the molecule is C[C@H](NS(=O)(=O)c1ccc(-c2sc(C(=O)NC3CCC3)nc2CC2CCC(F)(F)CC2)c2ccccc12)C(F)(F)F.O=C=O. The van der Waals surface area contributed by atoms with Crippen molar-refractivity contribution in [2.75, 3.05) is 0 Å². The highest BCUT2D eigenvalue weighted by Crippen LogP contribution is 2.42. The van der Waals surface area contributed by atoms with Gasteiger partial charge in [0, 0.05) is 29.8 Å². The average molecular weight is 660 g/mol. The van der Waals surface area contributed by atoms with Crippen LogP contribution in [0.1, 0.15) is 67.4 Å². The molecule has 0 spiro atoms. The molecular weight excluding hydrogens is 629 g/mol. The van der Waals surface area contributed by atoms with E-state index in [-0.39, 0.29) is 52.1 Å². The normalized spacial score (nSPS) is 18.0. The first kappa shape index (κ1) is 33.6. The minimum atomic E-state index is -4.76. The number of aromatic nitrogens is 1. The van der Waals surface area contributed by atoms with E-state index in [9.17, 15) is 35.2 Å². The lowest BCUT2D eigenvalue weighted by Gasteiger charge is -2.28. The van der Waals surface area contributed by atoms with E-state index in [1.54, 1.807) is 22.9 Å². The number of halogens is 5. The van der Waals surface area contributed by atoms with Crippen molar-refractivity contribution in [3.63, 3.8) is 0 Å². The van der Waals surface area contributed by atoms with E-state index in [0.29, 0.717) is 40.8 Å². The molecule has 0 aliphatic heterocycles. The topological polar surface area (TPSA) is 122 Å². The molecule has 0 radical (unpaired) electrons. The van der Waals surface area contributed by atoms with Crippen LogP contribution >= 0.6 is 11.3 Å². The van der Waals surface area contributed by atoms with Crippen LogP contribution in [0.5, 0.6) is 0 Å². The van der Waals surface area contributed by atoms with Crippen molar-refractivity contribution in [1.29, 1.82) is 0 Å². The van der Waals surface area contributed by atoms with Crippen LogP contribution in [0.2, 0.25) is 0 Å². The van der Waals surface area contributed by atoms with Crippen molar-refractivity contribution >= 4 is 44.2 Å². The number of alkyl halides is 5. The van der Waals surface area contributed by atoms with E-state index in [2.05, 4.69) is 10.3 Å². The van der Waals surface area contributed by atoms with E-state index in [1.807, 2.05) is 0 Å². The Kier molecular flexibility index (Phi) is 10.2. The number of hydrogen-bond acceptors (Lipinski definition) is 7. The lowest BCUT2D eigenvalue weighted by molar-refractivity contribution is -0.191. The number of carbonyl (C=O) groups is 1. The van der Waals surface area contributed by atoms with Crippen LogP contribution in [0.4, 0.5) is 22.0 Å². The molecule has 15 heteroatoms. The van der Waals surface area contributed by atoms with Crippen LogP contribution < -0.4 is 10.0 Å². The van der Waals surface area contributed by atoms with Crippen LogP contribution in [-0.2, 0) is 26.0 Å². The maximum absolute atomic E-state index is 13.8. The smallest absolute Gasteiger partial charge is 0.347 e. The molecule has 5 rings (SSSR count). The highest BCUT2D eigenvalue weighted by Gasteiger charge is 2.39. The van der Waals surface area contributed by atoms with Gasteiger partial charge in [-0.2, -0.15) is 27.5 Å². The Labute approximate surface area is 254 Å². The van der Waals surface area contributed by atoms with Crippen LogP contribution in [0.15, 0.2) is 41.3 Å². The molecule has 1 aromatic heterocycles. The molecule has 2 fully saturated rings. The Morgan fingerprint density at radius 1 is 1.07 bits per heavy atom. The fraction of sp³-hybridized carbons (Fsp3) is 0.483. The van der Waals surface area contributed by atoms with Gasteiger partial charge in [0.05, 0.1) is 15.5 Å². The Morgan fingerprint density at radius 2 is 1.68 bits per heavy atom. The van der Waals surface area contributed by atoms with E-state index in [4.69, 9.17) is 9.59 Å². The molecule has 44 heavy (non-hydrogen) atoms. The number of carbonyl (C=O) groups excluding carboxylic acids is 3. The predicted molar refractivity (Wildman–Crippen MR) is 152 cm³/mol. The second-order valence-electron chi connectivity index (χ2n) is 11.0. The summed E-state index contributed by atoms with van der Waals surface area (Å²) in [5, 5.41) is 3.86. The van der Waals surface area contributed by atoms with Gasteiger partial charge in [-0.25, -0.2) is 22.2 Å². The Bertz CT molecular complexity index is 1640. The van der Waals surface area contributed by atoms with Gasteiger partial charge in [-0.15, -0.1) is 11.3 Å². The van der Waals surface area contributed by atoms with E-state index in [1.165, 1.54) is 18.2 Å². The summed E-state index contributed by atoms with van der Waals surface area (Å²) < 4.78 is 94.8.